The maximum atomic E-state index is 4.67. The summed E-state index contributed by atoms with van der Waals surface area (Å²) in [6.07, 6.45) is 6.97. The van der Waals surface area contributed by atoms with Crippen molar-refractivity contribution in [2.45, 2.75) is 37.8 Å². The van der Waals surface area contributed by atoms with E-state index in [0.717, 1.165) is 0 Å². The molecule has 1 N–H and O–H groups in total. The average molecular weight is 216 g/mol. The molecule has 86 valence electrons. The lowest BCUT2D eigenvalue weighted by molar-refractivity contribution is 0.360. The van der Waals surface area contributed by atoms with Gasteiger partial charge in [-0.1, -0.05) is 30.3 Å². The van der Waals surface area contributed by atoms with Gasteiger partial charge in [0.25, 0.3) is 0 Å². The average Bonchev–Trinajstić information content (AvgIpc) is 2.38. The van der Waals surface area contributed by atoms with Crippen molar-refractivity contribution in [3.8, 4) is 0 Å². The first-order valence-corrected chi connectivity index (χ1v) is 6.14. The van der Waals surface area contributed by atoms with Gasteiger partial charge in [0.1, 0.15) is 0 Å². The zero-order chi connectivity index (χ0) is 11.2. The van der Waals surface area contributed by atoms with Crippen LogP contribution in [0.4, 0.5) is 0 Å². The summed E-state index contributed by atoms with van der Waals surface area (Å²) in [7, 11) is 2.05. The normalized spacial score (nSPS) is 26.1. The van der Waals surface area contributed by atoms with Gasteiger partial charge in [-0.3, -0.25) is 4.99 Å². The van der Waals surface area contributed by atoms with Gasteiger partial charge in [0.15, 0.2) is 0 Å². The van der Waals surface area contributed by atoms with Crippen LogP contribution in [0.1, 0.15) is 31.2 Å². The Bertz CT molecular complexity index is 324. The van der Waals surface area contributed by atoms with Gasteiger partial charge in [0, 0.05) is 12.3 Å². The quantitative estimate of drug-likeness (QED) is 0.772. The van der Waals surface area contributed by atoms with Gasteiger partial charge in [0.05, 0.1) is 6.04 Å². The van der Waals surface area contributed by atoms with E-state index in [1.807, 2.05) is 12.3 Å². The molecule has 0 spiro atoms. The smallest absolute Gasteiger partial charge is 0.0501 e. The molecule has 2 nitrogen and oxygen atoms in total. The number of nitrogens with one attached hydrogen (secondary N) is 1. The molecule has 1 saturated carbocycles. The minimum atomic E-state index is 0.532. The Morgan fingerprint density at radius 1 is 1.12 bits per heavy atom. The number of hydrogen-bond donors (Lipinski definition) is 1. The molecule has 2 rings (SSSR count). The zero-order valence-corrected chi connectivity index (χ0v) is 9.89. The fourth-order valence-corrected chi connectivity index (χ4v) is 2.24. The van der Waals surface area contributed by atoms with Crippen LogP contribution in [-0.4, -0.2) is 25.3 Å². The monoisotopic (exact) mass is 216 g/mol. The van der Waals surface area contributed by atoms with Crippen molar-refractivity contribution in [3.05, 3.63) is 35.9 Å². The first-order valence-electron chi connectivity index (χ1n) is 6.14. The molecule has 0 heterocycles. The minimum Gasteiger partial charge on any atom is -0.317 e. The molecule has 1 aromatic carbocycles. The fraction of sp³-hybridized carbons (Fsp3) is 0.500. The number of nitrogens with zero attached hydrogens (tertiary/aromatic N) is 1. The van der Waals surface area contributed by atoms with Crippen molar-refractivity contribution in [3.63, 3.8) is 0 Å². The van der Waals surface area contributed by atoms with E-state index in [1.165, 1.54) is 31.2 Å². The van der Waals surface area contributed by atoms with Crippen molar-refractivity contribution in [1.29, 1.82) is 0 Å². The van der Waals surface area contributed by atoms with Crippen LogP contribution in [0.3, 0.4) is 0 Å². The highest BCUT2D eigenvalue weighted by Gasteiger charge is 2.18. The molecule has 0 atom stereocenters. The maximum absolute atomic E-state index is 4.67. The lowest BCUT2D eigenvalue weighted by atomic mass is 9.92. The molecule has 0 unspecified atom stereocenters. The van der Waals surface area contributed by atoms with E-state index < -0.39 is 0 Å². The molecule has 0 bridgehead atoms. The molecule has 1 aliphatic rings. The Balaban J connectivity index is 1.85. The molecule has 2 heteroatoms. The third-order valence-electron chi connectivity index (χ3n) is 3.34. The third-order valence-corrected chi connectivity index (χ3v) is 3.34. The highest BCUT2D eigenvalue weighted by Crippen LogP contribution is 2.20. The molecule has 16 heavy (non-hydrogen) atoms. The van der Waals surface area contributed by atoms with Crippen LogP contribution >= 0.6 is 0 Å². The Labute approximate surface area is 97.8 Å². The largest absolute Gasteiger partial charge is 0.317 e. The van der Waals surface area contributed by atoms with E-state index in [-0.39, 0.29) is 0 Å². The summed E-state index contributed by atoms with van der Waals surface area (Å²) in [6.45, 7) is 0. The summed E-state index contributed by atoms with van der Waals surface area (Å²) in [4.78, 5) is 4.67. The predicted octanol–water partition coefficient (Wildman–Crippen LogP) is 2.64. The highest BCUT2D eigenvalue weighted by atomic mass is 14.9. The number of rotatable bonds is 3. The Kier molecular flexibility index (Phi) is 4.11. The second kappa shape index (κ2) is 5.80. The summed E-state index contributed by atoms with van der Waals surface area (Å²) in [6, 6.07) is 11.6. The number of hydrogen-bond acceptors (Lipinski definition) is 2. The molecule has 0 amide bonds. The molecule has 1 fully saturated rings. The molecule has 0 radical (unpaired) electrons. The van der Waals surface area contributed by atoms with Gasteiger partial charge >= 0.3 is 0 Å². The summed E-state index contributed by atoms with van der Waals surface area (Å²) in [5, 5.41) is 3.35. The summed E-state index contributed by atoms with van der Waals surface area (Å²) in [5.41, 5.74) is 1.21. The topological polar surface area (TPSA) is 24.4 Å². The van der Waals surface area contributed by atoms with Gasteiger partial charge in [-0.15, -0.1) is 0 Å². The van der Waals surface area contributed by atoms with E-state index in [9.17, 15) is 0 Å². The van der Waals surface area contributed by atoms with E-state index in [1.54, 1.807) is 0 Å². The lowest BCUT2D eigenvalue weighted by Crippen LogP contribution is -2.31. The predicted molar refractivity (Wildman–Crippen MR) is 69.1 cm³/mol. The first kappa shape index (κ1) is 11.3. The van der Waals surface area contributed by atoms with Crippen LogP contribution in [0.2, 0.25) is 0 Å². The van der Waals surface area contributed by atoms with Crippen molar-refractivity contribution in [2.75, 3.05) is 7.05 Å². The van der Waals surface area contributed by atoms with Crippen molar-refractivity contribution < 1.29 is 0 Å². The van der Waals surface area contributed by atoms with Crippen LogP contribution in [-0.2, 0) is 0 Å². The van der Waals surface area contributed by atoms with Crippen LogP contribution in [0.25, 0.3) is 0 Å². The van der Waals surface area contributed by atoms with Gasteiger partial charge in [-0.25, -0.2) is 0 Å². The van der Waals surface area contributed by atoms with Crippen LogP contribution in [0.5, 0.6) is 0 Å². The Morgan fingerprint density at radius 2 is 1.81 bits per heavy atom. The minimum absolute atomic E-state index is 0.532. The zero-order valence-electron chi connectivity index (χ0n) is 9.89. The number of aliphatic imine (C=N–C) groups is 1. The second-order valence-electron chi connectivity index (χ2n) is 4.48. The van der Waals surface area contributed by atoms with Gasteiger partial charge in [-0.05, 0) is 38.3 Å². The molecular weight excluding hydrogens is 196 g/mol. The van der Waals surface area contributed by atoms with Crippen molar-refractivity contribution >= 4 is 6.21 Å². The van der Waals surface area contributed by atoms with E-state index in [4.69, 9.17) is 0 Å². The SMILES string of the molecule is CNC1CCC(N=Cc2ccccc2)CC1. The number of benzene rings is 1. The second-order valence-corrected chi connectivity index (χ2v) is 4.48. The van der Waals surface area contributed by atoms with Crippen molar-refractivity contribution in [1.82, 2.24) is 5.32 Å². The van der Waals surface area contributed by atoms with Gasteiger partial charge in [0.2, 0.25) is 0 Å². The van der Waals surface area contributed by atoms with Crippen LogP contribution in [0.15, 0.2) is 35.3 Å². The summed E-state index contributed by atoms with van der Waals surface area (Å²) < 4.78 is 0. The Morgan fingerprint density at radius 3 is 2.44 bits per heavy atom. The van der Waals surface area contributed by atoms with E-state index >= 15 is 0 Å². The van der Waals surface area contributed by atoms with E-state index in [2.05, 4.69) is 41.6 Å². The van der Waals surface area contributed by atoms with Crippen molar-refractivity contribution in [2.24, 2.45) is 4.99 Å². The highest BCUT2D eigenvalue weighted by molar-refractivity contribution is 5.79. The van der Waals surface area contributed by atoms with Crippen LogP contribution < -0.4 is 5.32 Å². The third kappa shape index (κ3) is 3.17. The molecule has 1 aromatic rings. The first-order chi connectivity index (χ1) is 7.88. The lowest BCUT2D eigenvalue weighted by Gasteiger charge is -2.25. The van der Waals surface area contributed by atoms with Gasteiger partial charge < -0.3 is 5.32 Å². The molecular formula is C14H20N2. The van der Waals surface area contributed by atoms with E-state index in [0.29, 0.717) is 12.1 Å². The van der Waals surface area contributed by atoms with Gasteiger partial charge in [-0.2, -0.15) is 0 Å². The molecule has 1 aliphatic carbocycles. The molecule has 0 saturated heterocycles. The molecule has 0 aromatic heterocycles. The maximum Gasteiger partial charge on any atom is 0.0501 e. The summed E-state index contributed by atoms with van der Waals surface area (Å²) >= 11 is 0. The van der Waals surface area contributed by atoms with Crippen LogP contribution in [0, 0.1) is 0 Å². The fourth-order valence-electron chi connectivity index (χ4n) is 2.24. The molecule has 0 aliphatic heterocycles. The summed E-state index contributed by atoms with van der Waals surface area (Å²) in [5.74, 6) is 0. The Hall–Kier alpha value is -1.15. The standard InChI is InChI=1S/C14H20N2/c1-15-13-7-9-14(10-8-13)16-11-12-5-3-2-4-6-12/h2-6,11,13-15H,7-10H2,1H3.